The van der Waals surface area contributed by atoms with Crippen LogP contribution in [0.5, 0.6) is 0 Å². The highest BCUT2D eigenvalue weighted by molar-refractivity contribution is 7.98. The van der Waals surface area contributed by atoms with Crippen molar-refractivity contribution >= 4 is 23.2 Å². The average molecular weight is 304 g/mol. The second-order valence-corrected chi connectivity index (χ2v) is 5.48. The molecule has 3 rings (SSSR count). The van der Waals surface area contributed by atoms with Gasteiger partial charge in [-0.15, -0.1) is 0 Å². The first kappa shape index (κ1) is 13.6. The van der Waals surface area contributed by atoms with Crippen LogP contribution in [0.1, 0.15) is 17.0 Å². The predicted octanol–water partition coefficient (Wildman–Crippen LogP) is 3.14. The summed E-state index contributed by atoms with van der Waals surface area (Å²) in [5.41, 5.74) is 2.31. The molecule has 3 aromatic heterocycles. The minimum Gasteiger partial charge on any atom is -0.361 e. The molecular formula is C13H12N4O3S. The smallest absolute Gasteiger partial charge is 0.361 e. The van der Waals surface area contributed by atoms with Crippen molar-refractivity contribution in [1.82, 2.24) is 14.5 Å². The molecule has 0 N–H and O–H groups in total. The Morgan fingerprint density at radius 1 is 1.43 bits per heavy atom. The lowest BCUT2D eigenvalue weighted by Gasteiger charge is -1.99. The number of hydrogen-bond acceptors (Lipinski definition) is 6. The molecule has 3 heterocycles. The standard InChI is InChI=1S/C13H12N4O3S/c1-8-10(9(2)20-15-8)7-21-12-13(17(18)19)16-6-4-3-5-11(16)14-12/h3-6H,7H2,1-2H3. The minimum atomic E-state index is -0.407. The molecule has 0 fully saturated rings. The van der Waals surface area contributed by atoms with Crippen molar-refractivity contribution in [3.63, 3.8) is 0 Å². The molecule has 108 valence electrons. The highest BCUT2D eigenvalue weighted by Gasteiger charge is 2.23. The molecule has 0 aliphatic heterocycles. The molecule has 0 aliphatic carbocycles. The first-order chi connectivity index (χ1) is 10.1. The minimum absolute atomic E-state index is 0.0117. The number of imidazole rings is 1. The molecule has 0 bridgehead atoms. The van der Waals surface area contributed by atoms with E-state index in [1.165, 1.54) is 16.2 Å². The fourth-order valence-corrected chi connectivity index (χ4v) is 3.23. The zero-order valence-corrected chi connectivity index (χ0v) is 12.3. The van der Waals surface area contributed by atoms with E-state index in [9.17, 15) is 10.1 Å². The molecule has 3 aromatic rings. The predicted molar refractivity (Wildman–Crippen MR) is 77.4 cm³/mol. The van der Waals surface area contributed by atoms with Gasteiger partial charge in [0, 0.05) is 17.4 Å². The van der Waals surface area contributed by atoms with Crippen LogP contribution in [0.4, 0.5) is 5.82 Å². The monoisotopic (exact) mass is 304 g/mol. The summed E-state index contributed by atoms with van der Waals surface area (Å²) in [6.45, 7) is 3.68. The Hall–Kier alpha value is -2.35. The van der Waals surface area contributed by atoms with E-state index in [0.29, 0.717) is 16.4 Å². The number of aromatic nitrogens is 3. The van der Waals surface area contributed by atoms with E-state index >= 15 is 0 Å². The van der Waals surface area contributed by atoms with Gasteiger partial charge in [-0.1, -0.05) is 23.0 Å². The van der Waals surface area contributed by atoms with E-state index in [0.717, 1.165) is 17.0 Å². The van der Waals surface area contributed by atoms with Gasteiger partial charge in [0.1, 0.15) is 5.76 Å². The Morgan fingerprint density at radius 3 is 2.90 bits per heavy atom. The molecular weight excluding hydrogens is 292 g/mol. The summed E-state index contributed by atoms with van der Waals surface area (Å²) in [6, 6.07) is 5.28. The SMILES string of the molecule is Cc1noc(C)c1CSc1nc2ccccn2c1[N+](=O)[O-]. The zero-order chi connectivity index (χ0) is 15.0. The zero-order valence-electron chi connectivity index (χ0n) is 11.4. The topological polar surface area (TPSA) is 86.5 Å². The first-order valence-corrected chi connectivity index (χ1v) is 7.22. The lowest BCUT2D eigenvalue weighted by molar-refractivity contribution is -0.393. The van der Waals surface area contributed by atoms with Crippen LogP contribution >= 0.6 is 11.8 Å². The summed E-state index contributed by atoms with van der Waals surface area (Å²) >= 11 is 1.31. The van der Waals surface area contributed by atoms with E-state index < -0.39 is 4.92 Å². The van der Waals surface area contributed by atoms with Gasteiger partial charge in [0.05, 0.1) is 11.9 Å². The highest BCUT2D eigenvalue weighted by atomic mass is 32.2. The number of rotatable bonds is 4. The second-order valence-electron chi connectivity index (χ2n) is 4.52. The van der Waals surface area contributed by atoms with Crippen LogP contribution in [0.15, 0.2) is 33.9 Å². The number of nitro groups is 1. The average Bonchev–Trinajstić information content (AvgIpc) is 2.97. The van der Waals surface area contributed by atoms with Gasteiger partial charge in [0.25, 0.3) is 0 Å². The summed E-state index contributed by atoms with van der Waals surface area (Å²) in [4.78, 5) is 15.2. The molecule has 0 saturated heterocycles. The third kappa shape index (κ3) is 2.38. The van der Waals surface area contributed by atoms with Crippen molar-refractivity contribution in [3.05, 3.63) is 51.5 Å². The summed E-state index contributed by atoms with van der Waals surface area (Å²) in [5.74, 6) is 1.25. The molecule has 0 radical (unpaired) electrons. The van der Waals surface area contributed by atoms with Crippen LogP contribution in [-0.2, 0) is 5.75 Å². The molecule has 0 amide bonds. The van der Waals surface area contributed by atoms with Crippen molar-refractivity contribution in [2.24, 2.45) is 0 Å². The number of fused-ring (bicyclic) bond motifs is 1. The summed E-state index contributed by atoms with van der Waals surface area (Å²) in [5, 5.41) is 15.6. The fourth-order valence-electron chi connectivity index (χ4n) is 2.07. The summed E-state index contributed by atoms with van der Waals surface area (Å²) in [7, 11) is 0. The second kappa shape index (κ2) is 5.21. The van der Waals surface area contributed by atoms with Crippen molar-refractivity contribution < 1.29 is 9.45 Å². The van der Waals surface area contributed by atoms with Gasteiger partial charge >= 0.3 is 5.82 Å². The maximum Gasteiger partial charge on any atom is 0.361 e. The maximum absolute atomic E-state index is 11.3. The Labute approximate surface area is 124 Å². The van der Waals surface area contributed by atoms with Crippen LogP contribution < -0.4 is 0 Å². The summed E-state index contributed by atoms with van der Waals surface area (Å²) in [6.07, 6.45) is 1.64. The third-order valence-corrected chi connectivity index (χ3v) is 4.16. The Kier molecular flexibility index (Phi) is 3.38. The van der Waals surface area contributed by atoms with Crippen molar-refractivity contribution in [3.8, 4) is 0 Å². The van der Waals surface area contributed by atoms with Gasteiger partial charge < -0.3 is 14.6 Å². The molecule has 0 unspecified atom stereocenters. The van der Waals surface area contributed by atoms with Gasteiger partial charge in [-0.25, -0.2) is 0 Å². The largest absolute Gasteiger partial charge is 0.361 e. The van der Waals surface area contributed by atoms with Gasteiger partial charge in [-0.2, -0.15) is 9.38 Å². The molecule has 7 nitrogen and oxygen atoms in total. The van der Waals surface area contributed by atoms with E-state index in [1.54, 1.807) is 24.4 Å². The molecule has 0 atom stereocenters. The van der Waals surface area contributed by atoms with E-state index in [1.807, 2.05) is 13.8 Å². The molecule has 0 saturated carbocycles. The molecule has 21 heavy (non-hydrogen) atoms. The van der Waals surface area contributed by atoms with E-state index in [4.69, 9.17) is 4.52 Å². The number of thioether (sulfide) groups is 1. The van der Waals surface area contributed by atoms with Gasteiger partial charge in [-0.05, 0) is 24.8 Å². The molecule has 0 aromatic carbocycles. The van der Waals surface area contributed by atoms with Crippen molar-refractivity contribution in [2.75, 3.05) is 0 Å². The quantitative estimate of drug-likeness (QED) is 0.418. The van der Waals surface area contributed by atoms with Crippen LogP contribution in [0.25, 0.3) is 5.65 Å². The van der Waals surface area contributed by atoms with Crippen LogP contribution in [-0.4, -0.2) is 19.5 Å². The lowest BCUT2D eigenvalue weighted by Crippen LogP contribution is -1.95. The summed E-state index contributed by atoms with van der Waals surface area (Å²) < 4.78 is 6.58. The fraction of sp³-hybridized carbons (Fsp3) is 0.231. The molecule has 0 spiro atoms. The maximum atomic E-state index is 11.3. The molecule has 0 aliphatic rings. The first-order valence-electron chi connectivity index (χ1n) is 6.24. The van der Waals surface area contributed by atoms with Crippen molar-refractivity contribution in [2.45, 2.75) is 24.6 Å². The van der Waals surface area contributed by atoms with Crippen LogP contribution in [0.3, 0.4) is 0 Å². The lowest BCUT2D eigenvalue weighted by atomic mass is 10.2. The van der Waals surface area contributed by atoms with E-state index in [-0.39, 0.29) is 5.82 Å². The van der Waals surface area contributed by atoms with Gasteiger partial charge in [-0.3, -0.25) is 0 Å². The number of aryl methyl sites for hydroxylation is 2. The number of nitrogens with zero attached hydrogens (tertiary/aromatic N) is 4. The normalized spacial score (nSPS) is 11.1. The van der Waals surface area contributed by atoms with Crippen LogP contribution in [0.2, 0.25) is 0 Å². The van der Waals surface area contributed by atoms with Crippen LogP contribution in [0, 0.1) is 24.0 Å². The highest BCUT2D eigenvalue weighted by Crippen LogP contribution is 2.33. The van der Waals surface area contributed by atoms with Crippen molar-refractivity contribution in [1.29, 1.82) is 0 Å². The Balaban J connectivity index is 1.97. The van der Waals surface area contributed by atoms with Gasteiger partial charge in [0.2, 0.25) is 5.65 Å². The Morgan fingerprint density at radius 2 is 2.24 bits per heavy atom. The third-order valence-electron chi connectivity index (χ3n) is 3.18. The van der Waals surface area contributed by atoms with Gasteiger partial charge in [0.15, 0.2) is 5.03 Å². The Bertz CT molecular complexity index is 805. The number of pyridine rings is 1. The number of hydrogen-bond donors (Lipinski definition) is 0. The van der Waals surface area contributed by atoms with E-state index in [2.05, 4.69) is 10.1 Å². The molecule has 8 heteroatoms.